The first-order chi connectivity index (χ1) is 9.58. The smallest absolute Gasteiger partial charge is 0.125 e. The van der Waals surface area contributed by atoms with Crippen LogP contribution in [0.15, 0.2) is 12.1 Å². The van der Waals surface area contributed by atoms with Gasteiger partial charge in [-0.1, -0.05) is 38.0 Å². The Bertz CT molecular complexity index is 401. The van der Waals surface area contributed by atoms with E-state index in [1.165, 1.54) is 23.1 Å². The molecule has 0 aliphatic rings. The Morgan fingerprint density at radius 2 is 1.85 bits per heavy atom. The van der Waals surface area contributed by atoms with Gasteiger partial charge < -0.3 is 10.5 Å². The van der Waals surface area contributed by atoms with Crippen LogP contribution in [0, 0.1) is 13.8 Å². The third-order valence-corrected chi connectivity index (χ3v) is 3.63. The fourth-order valence-corrected chi connectivity index (χ4v) is 2.71. The number of nitrogens with two attached hydrogens (primary N) is 1. The molecular formula is C18H31NO. The predicted octanol–water partition coefficient (Wildman–Crippen LogP) is 4.54. The Morgan fingerprint density at radius 1 is 1.10 bits per heavy atom. The molecule has 0 bridgehead atoms. The maximum Gasteiger partial charge on any atom is 0.125 e. The molecule has 0 aromatic heterocycles. The van der Waals surface area contributed by atoms with Gasteiger partial charge in [0.2, 0.25) is 0 Å². The molecule has 114 valence electrons. The summed E-state index contributed by atoms with van der Waals surface area (Å²) >= 11 is 0. The van der Waals surface area contributed by atoms with Crippen LogP contribution in [-0.2, 0) is 6.42 Å². The summed E-state index contributed by atoms with van der Waals surface area (Å²) < 4.78 is 5.95. The van der Waals surface area contributed by atoms with Crippen LogP contribution in [0.3, 0.4) is 0 Å². The molecule has 1 rings (SSSR count). The molecule has 0 aliphatic heterocycles. The number of ether oxygens (including phenoxy) is 1. The highest BCUT2D eigenvalue weighted by atomic mass is 16.5. The van der Waals surface area contributed by atoms with Gasteiger partial charge in [0, 0.05) is 6.04 Å². The Labute approximate surface area is 124 Å². The van der Waals surface area contributed by atoms with Crippen molar-refractivity contribution in [3.8, 4) is 5.75 Å². The first kappa shape index (κ1) is 17.0. The number of aryl methyl sites for hydroxylation is 3. The number of rotatable bonds is 9. The van der Waals surface area contributed by atoms with Gasteiger partial charge in [0.15, 0.2) is 0 Å². The van der Waals surface area contributed by atoms with E-state index < -0.39 is 0 Å². The van der Waals surface area contributed by atoms with Crippen molar-refractivity contribution in [2.45, 2.75) is 72.3 Å². The molecule has 1 unspecified atom stereocenters. The van der Waals surface area contributed by atoms with Crippen LogP contribution in [0.5, 0.6) is 5.75 Å². The van der Waals surface area contributed by atoms with Gasteiger partial charge in [0.25, 0.3) is 0 Å². The highest BCUT2D eigenvalue weighted by Crippen LogP contribution is 2.27. The van der Waals surface area contributed by atoms with Gasteiger partial charge in [-0.15, -0.1) is 0 Å². The second-order valence-corrected chi connectivity index (χ2v) is 5.86. The standard InChI is InChI=1S/C18H31NO/c1-5-8-17(19)10-7-9-16-13-14(3)12-15(4)18(16)20-11-6-2/h12-13,17H,5-11,19H2,1-4H3. The summed E-state index contributed by atoms with van der Waals surface area (Å²) in [4.78, 5) is 0. The molecule has 0 heterocycles. The average molecular weight is 277 g/mol. The zero-order valence-electron chi connectivity index (χ0n) is 13.7. The van der Waals surface area contributed by atoms with Crippen LogP contribution in [0.2, 0.25) is 0 Å². The zero-order chi connectivity index (χ0) is 15.0. The van der Waals surface area contributed by atoms with E-state index in [1.807, 2.05) is 0 Å². The van der Waals surface area contributed by atoms with E-state index in [0.29, 0.717) is 6.04 Å². The molecule has 2 nitrogen and oxygen atoms in total. The second-order valence-electron chi connectivity index (χ2n) is 5.86. The van der Waals surface area contributed by atoms with Gasteiger partial charge in [-0.25, -0.2) is 0 Å². The molecule has 1 aromatic rings. The lowest BCUT2D eigenvalue weighted by Gasteiger charge is -2.16. The van der Waals surface area contributed by atoms with Crippen LogP contribution in [0.25, 0.3) is 0 Å². The van der Waals surface area contributed by atoms with Crippen LogP contribution in [0.1, 0.15) is 62.6 Å². The molecule has 0 radical (unpaired) electrons. The summed E-state index contributed by atoms with van der Waals surface area (Å²) in [6, 6.07) is 4.83. The molecule has 1 atom stereocenters. The highest BCUT2D eigenvalue weighted by molar-refractivity contribution is 5.44. The molecule has 2 heteroatoms. The highest BCUT2D eigenvalue weighted by Gasteiger charge is 2.09. The van der Waals surface area contributed by atoms with Crippen molar-refractivity contribution >= 4 is 0 Å². The average Bonchev–Trinajstić information content (AvgIpc) is 2.38. The third kappa shape index (κ3) is 5.54. The van der Waals surface area contributed by atoms with Crippen molar-refractivity contribution in [1.82, 2.24) is 0 Å². The summed E-state index contributed by atoms with van der Waals surface area (Å²) in [5, 5.41) is 0. The maximum absolute atomic E-state index is 6.10. The molecule has 0 amide bonds. The monoisotopic (exact) mass is 277 g/mol. The lowest BCUT2D eigenvalue weighted by molar-refractivity contribution is 0.311. The Kier molecular flexibility index (Phi) is 7.68. The lowest BCUT2D eigenvalue weighted by atomic mass is 9.98. The Balaban J connectivity index is 2.66. The van der Waals surface area contributed by atoms with Gasteiger partial charge in [-0.3, -0.25) is 0 Å². The minimum absolute atomic E-state index is 0.353. The van der Waals surface area contributed by atoms with Crippen molar-refractivity contribution < 1.29 is 4.74 Å². The first-order valence-electron chi connectivity index (χ1n) is 8.07. The van der Waals surface area contributed by atoms with Crippen LogP contribution in [0.4, 0.5) is 0 Å². The van der Waals surface area contributed by atoms with E-state index >= 15 is 0 Å². The summed E-state index contributed by atoms with van der Waals surface area (Å²) in [5.41, 5.74) is 10.0. The molecule has 2 N–H and O–H groups in total. The molecule has 20 heavy (non-hydrogen) atoms. The molecule has 1 aromatic carbocycles. The lowest BCUT2D eigenvalue weighted by Crippen LogP contribution is -2.19. The second kappa shape index (κ2) is 9.02. The summed E-state index contributed by atoms with van der Waals surface area (Å²) in [6.07, 6.45) is 6.68. The van der Waals surface area contributed by atoms with Gasteiger partial charge >= 0.3 is 0 Å². The van der Waals surface area contributed by atoms with Crippen LogP contribution in [-0.4, -0.2) is 12.6 Å². The fraction of sp³-hybridized carbons (Fsp3) is 0.667. The minimum atomic E-state index is 0.353. The third-order valence-electron chi connectivity index (χ3n) is 3.63. The fourth-order valence-electron chi connectivity index (χ4n) is 2.71. The quantitative estimate of drug-likeness (QED) is 0.719. The molecule has 0 spiro atoms. The number of benzene rings is 1. The van der Waals surface area contributed by atoms with Crippen LogP contribution < -0.4 is 10.5 Å². The Hall–Kier alpha value is -1.02. The SMILES string of the molecule is CCCOc1c(C)cc(C)cc1CCCC(N)CCC. The van der Waals surface area contributed by atoms with E-state index in [2.05, 4.69) is 39.8 Å². The van der Waals surface area contributed by atoms with Gasteiger partial charge in [0.1, 0.15) is 5.75 Å². The molecule has 0 saturated heterocycles. The first-order valence-corrected chi connectivity index (χ1v) is 8.07. The minimum Gasteiger partial charge on any atom is -0.493 e. The maximum atomic E-state index is 6.10. The van der Waals surface area contributed by atoms with E-state index in [9.17, 15) is 0 Å². The van der Waals surface area contributed by atoms with Crippen molar-refractivity contribution in [3.05, 3.63) is 28.8 Å². The number of hydrogen-bond acceptors (Lipinski definition) is 2. The van der Waals surface area contributed by atoms with E-state index in [0.717, 1.165) is 44.5 Å². The van der Waals surface area contributed by atoms with E-state index in [-0.39, 0.29) is 0 Å². The normalized spacial score (nSPS) is 12.4. The van der Waals surface area contributed by atoms with Gasteiger partial charge in [-0.05, 0) is 57.1 Å². The molecular weight excluding hydrogens is 246 g/mol. The summed E-state index contributed by atoms with van der Waals surface area (Å²) in [5.74, 6) is 1.10. The van der Waals surface area contributed by atoms with Gasteiger partial charge in [-0.2, -0.15) is 0 Å². The number of hydrogen-bond donors (Lipinski definition) is 1. The van der Waals surface area contributed by atoms with Crippen molar-refractivity contribution in [2.24, 2.45) is 5.73 Å². The Morgan fingerprint density at radius 3 is 2.50 bits per heavy atom. The van der Waals surface area contributed by atoms with Crippen molar-refractivity contribution in [2.75, 3.05) is 6.61 Å². The summed E-state index contributed by atoms with van der Waals surface area (Å²) in [7, 11) is 0. The topological polar surface area (TPSA) is 35.2 Å². The predicted molar refractivity (Wildman–Crippen MR) is 87.5 cm³/mol. The van der Waals surface area contributed by atoms with E-state index in [1.54, 1.807) is 0 Å². The molecule has 0 saturated carbocycles. The van der Waals surface area contributed by atoms with Crippen molar-refractivity contribution in [3.63, 3.8) is 0 Å². The van der Waals surface area contributed by atoms with Crippen molar-refractivity contribution in [1.29, 1.82) is 0 Å². The molecule has 0 fully saturated rings. The molecule has 0 aliphatic carbocycles. The largest absolute Gasteiger partial charge is 0.493 e. The zero-order valence-corrected chi connectivity index (χ0v) is 13.7. The van der Waals surface area contributed by atoms with Crippen LogP contribution >= 0.6 is 0 Å². The summed E-state index contributed by atoms with van der Waals surface area (Å²) in [6.45, 7) is 9.44. The van der Waals surface area contributed by atoms with E-state index in [4.69, 9.17) is 10.5 Å². The van der Waals surface area contributed by atoms with Gasteiger partial charge in [0.05, 0.1) is 6.61 Å².